The van der Waals surface area contributed by atoms with Gasteiger partial charge in [0.2, 0.25) is 0 Å². The summed E-state index contributed by atoms with van der Waals surface area (Å²) in [7, 11) is 0. The fraction of sp³-hybridized carbons (Fsp3) is 0.929. The molecule has 2 aliphatic rings. The van der Waals surface area contributed by atoms with Crippen LogP contribution in [-0.2, 0) is 0 Å². The zero-order valence-electron chi connectivity index (χ0n) is 11.7. The van der Waals surface area contributed by atoms with Gasteiger partial charge in [0, 0.05) is 32.2 Å². The Balaban J connectivity index is 1.96. The van der Waals surface area contributed by atoms with Gasteiger partial charge < -0.3 is 15.1 Å². The van der Waals surface area contributed by atoms with Gasteiger partial charge in [0.25, 0.3) is 0 Å². The molecule has 0 radical (unpaired) electrons. The first-order valence-corrected chi connectivity index (χ1v) is 7.59. The van der Waals surface area contributed by atoms with Crippen LogP contribution in [0.5, 0.6) is 0 Å². The maximum absolute atomic E-state index is 12.7. The molecule has 0 spiro atoms. The minimum atomic E-state index is 0.285. The predicted octanol–water partition coefficient (Wildman–Crippen LogP) is 2.06. The lowest BCUT2D eigenvalue weighted by atomic mass is 10.2. The van der Waals surface area contributed by atoms with Crippen molar-refractivity contribution in [2.75, 3.05) is 32.7 Å². The van der Waals surface area contributed by atoms with Crippen molar-refractivity contribution in [2.24, 2.45) is 0 Å². The first-order chi connectivity index (χ1) is 8.83. The van der Waals surface area contributed by atoms with E-state index in [1.807, 2.05) is 0 Å². The van der Waals surface area contributed by atoms with Gasteiger partial charge in [0.1, 0.15) is 0 Å². The van der Waals surface area contributed by atoms with E-state index in [9.17, 15) is 4.79 Å². The summed E-state index contributed by atoms with van der Waals surface area (Å²) in [6, 6.07) is 0.702. The van der Waals surface area contributed by atoms with Gasteiger partial charge in [-0.15, -0.1) is 0 Å². The molecule has 1 N–H and O–H groups in total. The Kier molecular flexibility index (Phi) is 5.29. The molecule has 0 saturated carbocycles. The molecule has 4 nitrogen and oxygen atoms in total. The number of urea groups is 1. The Hall–Kier alpha value is -0.770. The number of nitrogens with one attached hydrogen (secondary N) is 1. The van der Waals surface area contributed by atoms with E-state index in [2.05, 4.69) is 22.0 Å². The van der Waals surface area contributed by atoms with Crippen LogP contribution in [0, 0.1) is 0 Å². The SMILES string of the molecule is CCCN(C(=O)N1CCCCCC1)C1CCNC1. The van der Waals surface area contributed by atoms with Crippen molar-refractivity contribution in [1.29, 1.82) is 0 Å². The number of rotatable bonds is 3. The lowest BCUT2D eigenvalue weighted by Crippen LogP contribution is -2.49. The number of likely N-dealkylation sites (tertiary alicyclic amines) is 1. The Bertz CT molecular complexity index is 256. The second-order valence-corrected chi connectivity index (χ2v) is 5.52. The number of nitrogens with zero attached hydrogens (tertiary/aromatic N) is 2. The first-order valence-electron chi connectivity index (χ1n) is 7.59. The summed E-state index contributed by atoms with van der Waals surface area (Å²) in [6.07, 6.45) is 7.07. The third kappa shape index (κ3) is 3.37. The van der Waals surface area contributed by atoms with E-state index in [4.69, 9.17) is 0 Å². The average molecular weight is 253 g/mol. The van der Waals surface area contributed by atoms with Crippen LogP contribution in [0.3, 0.4) is 0 Å². The van der Waals surface area contributed by atoms with Gasteiger partial charge in [0.05, 0.1) is 0 Å². The van der Waals surface area contributed by atoms with Crippen LogP contribution in [0.25, 0.3) is 0 Å². The quantitative estimate of drug-likeness (QED) is 0.835. The fourth-order valence-corrected chi connectivity index (χ4v) is 3.02. The zero-order chi connectivity index (χ0) is 12.8. The van der Waals surface area contributed by atoms with Gasteiger partial charge in [-0.05, 0) is 32.2 Å². The molecule has 104 valence electrons. The molecule has 2 saturated heterocycles. The van der Waals surface area contributed by atoms with E-state index in [0.717, 1.165) is 45.6 Å². The summed E-state index contributed by atoms with van der Waals surface area (Å²) in [5.41, 5.74) is 0. The number of hydrogen-bond donors (Lipinski definition) is 1. The van der Waals surface area contributed by atoms with E-state index in [1.54, 1.807) is 0 Å². The molecule has 0 aromatic heterocycles. The topological polar surface area (TPSA) is 35.6 Å². The van der Waals surface area contributed by atoms with Crippen molar-refractivity contribution < 1.29 is 4.79 Å². The Morgan fingerprint density at radius 2 is 2.00 bits per heavy atom. The average Bonchev–Trinajstić information content (AvgIpc) is 2.77. The highest BCUT2D eigenvalue weighted by Gasteiger charge is 2.29. The highest BCUT2D eigenvalue weighted by Crippen LogP contribution is 2.16. The van der Waals surface area contributed by atoms with Gasteiger partial charge in [-0.1, -0.05) is 19.8 Å². The van der Waals surface area contributed by atoms with E-state index >= 15 is 0 Å². The molecule has 4 heteroatoms. The summed E-state index contributed by atoms with van der Waals surface area (Å²) in [4.78, 5) is 16.9. The van der Waals surface area contributed by atoms with Crippen LogP contribution in [0.1, 0.15) is 45.4 Å². The predicted molar refractivity (Wildman–Crippen MR) is 73.7 cm³/mol. The number of amides is 2. The maximum Gasteiger partial charge on any atom is 0.320 e. The molecule has 2 heterocycles. The van der Waals surface area contributed by atoms with Crippen LogP contribution >= 0.6 is 0 Å². The van der Waals surface area contributed by atoms with Gasteiger partial charge in [0.15, 0.2) is 0 Å². The van der Waals surface area contributed by atoms with Crippen LogP contribution < -0.4 is 5.32 Å². The van der Waals surface area contributed by atoms with E-state index in [-0.39, 0.29) is 6.03 Å². The summed E-state index contributed by atoms with van der Waals surface area (Å²) < 4.78 is 0. The molecule has 2 rings (SSSR count). The molecule has 1 unspecified atom stereocenters. The number of carbonyl (C=O) groups excluding carboxylic acids is 1. The summed E-state index contributed by atoms with van der Waals surface area (Å²) in [5.74, 6) is 0. The highest BCUT2D eigenvalue weighted by molar-refractivity contribution is 5.75. The normalized spacial score (nSPS) is 24.9. The third-order valence-electron chi connectivity index (χ3n) is 4.06. The van der Waals surface area contributed by atoms with E-state index in [0.29, 0.717) is 6.04 Å². The van der Waals surface area contributed by atoms with Crippen LogP contribution in [-0.4, -0.2) is 54.6 Å². The van der Waals surface area contributed by atoms with Crippen molar-refractivity contribution in [3.63, 3.8) is 0 Å². The van der Waals surface area contributed by atoms with Gasteiger partial charge >= 0.3 is 6.03 Å². The van der Waals surface area contributed by atoms with Crippen molar-refractivity contribution in [2.45, 2.75) is 51.5 Å². The van der Waals surface area contributed by atoms with Gasteiger partial charge in [-0.2, -0.15) is 0 Å². The van der Waals surface area contributed by atoms with Crippen molar-refractivity contribution in [1.82, 2.24) is 15.1 Å². The zero-order valence-corrected chi connectivity index (χ0v) is 11.7. The van der Waals surface area contributed by atoms with E-state index < -0.39 is 0 Å². The number of carbonyl (C=O) groups is 1. The van der Waals surface area contributed by atoms with Crippen LogP contribution in [0.15, 0.2) is 0 Å². The summed E-state index contributed by atoms with van der Waals surface area (Å²) in [5, 5.41) is 3.37. The summed E-state index contributed by atoms with van der Waals surface area (Å²) >= 11 is 0. The smallest absolute Gasteiger partial charge is 0.320 e. The van der Waals surface area contributed by atoms with Gasteiger partial charge in [-0.3, -0.25) is 0 Å². The molecule has 18 heavy (non-hydrogen) atoms. The molecule has 2 aliphatic heterocycles. The van der Waals surface area contributed by atoms with E-state index in [1.165, 1.54) is 25.7 Å². The van der Waals surface area contributed by atoms with Crippen molar-refractivity contribution in [3.05, 3.63) is 0 Å². The lowest BCUT2D eigenvalue weighted by Gasteiger charge is -2.33. The molecule has 0 aromatic rings. The first kappa shape index (κ1) is 13.7. The Morgan fingerprint density at radius 1 is 1.28 bits per heavy atom. The van der Waals surface area contributed by atoms with Gasteiger partial charge in [-0.25, -0.2) is 4.79 Å². The second kappa shape index (κ2) is 6.98. The standard InChI is InChI=1S/C14H27N3O/c1-2-9-17(13-7-8-15-12-13)14(18)16-10-5-3-4-6-11-16/h13,15H,2-12H2,1H3. The largest absolute Gasteiger partial charge is 0.325 e. The molecule has 1 atom stereocenters. The monoisotopic (exact) mass is 253 g/mol. The lowest BCUT2D eigenvalue weighted by molar-refractivity contribution is 0.137. The molecule has 0 aliphatic carbocycles. The molecular weight excluding hydrogens is 226 g/mol. The third-order valence-corrected chi connectivity index (χ3v) is 4.06. The minimum Gasteiger partial charge on any atom is -0.325 e. The highest BCUT2D eigenvalue weighted by atomic mass is 16.2. The van der Waals surface area contributed by atoms with Crippen molar-refractivity contribution in [3.8, 4) is 0 Å². The maximum atomic E-state index is 12.7. The fourth-order valence-electron chi connectivity index (χ4n) is 3.02. The van der Waals surface area contributed by atoms with Crippen molar-refractivity contribution >= 4 is 6.03 Å². The summed E-state index contributed by atoms with van der Waals surface area (Å²) in [6.45, 7) is 7.00. The van der Waals surface area contributed by atoms with Crippen LogP contribution in [0.4, 0.5) is 4.79 Å². The molecule has 2 amide bonds. The number of hydrogen-bond acceptors (Lipinski definition) is 2. The minimum absolute atomic E-state index is 0.285. The molecule has 0 aromatic carbocycles. The van der Waals surface area contributed by atoms with Crippen LogP contribution in [0.2, 0.25) is 0 Å². The molecule has 2 fully saturated rings. The Labute approximate surface area is 111 Å². The molecule has 0 bridgehead atoms. The Morgan fingerprint density at radius 3 is 2.56 bits per heavy atom. The second-order valence-electron chi connectivity index (χ2n) is 5.52. The molecular formula is C14H27N3O.